The molecule has 1 unspecified atom stereocenters. The Morgan fingerprint density at radius 1 is 1.40 bits per heavy atom. The molecule has 0 aliphatic carbocycles. The summed E-state index contributed by atoms with van der Waals surface area (Å²) in [7, 11) is -3.23. The van der Waals surface area contributed by atoms with Crippen LogP contribution in [-0.2, 0) is 9.84 Å². The largest absolute Gasteiger partial charge is 0.389 e. The molecular formula is C7H15F3N2O2S. The third-order valence-corrected chi connectivity index (χ3v) is 2.76. The van der Waals surface area contributed by atoms with Gasteiger partial charge in [-0.25, -0.2) is 8.42 Å². The number of sulfone groups is 1. The summed E-state index contributed by atoms with van der Waals surface area (Å²) in [5, 5.41) is 0. The number of alkyl halides is 3. The Labute approximate surface area is 86.9 Å². The van der Waals surface area contributed by atoms with E-state index >= 15 is 0 Å². The van der Waals surface area contributed by atoms with Crippen LogP contribution in [0.25, 0.3) is 0 Å². The van der Waals surface area contributed by atoms with Gasteiger partial charge in [0.15, 0.2) is 0 Å². The van der Waals surface area contributed by atoms with Gasteiger partial charge in [0.05, 0.1) is 5.75 Å². The minimum atomic E-state index is -4.20. The second-order valence-corrected chi connectivity index (χ2v) is 5.65. The van der Waals surface area contributed by atoms with E-state index in [0.717, 1.165) is 6.26 Å². The molecule has 0 saturated heterocycles. The highest BCUT2D eigenvalue weighted by Gasteiger charge is 2.27. The van der Waals surface area contributed by atoms with E-state index in [2.05, 4.69) is 5.43 Å². The molecule has 8 heteroatoms. The van der Waals surface area contributed by atoms with Crippen LogP contribution in [0.4, 0.5) is 13.2 Å². The van der Waals surface area contributed by atoms with E-state index in [0.29, 0.717) is 0 Å². The Bertz CT molecular complexity index is 276. The lowest BCUT2D eigenvalue weighted by atomic mass is 10.1. The van der Waals surface area contributed by atoms with Crippen LogP contribution in [0.1, 0.15) is 19.3 Å². The zero-order valence-electron chi connectivity index (χ0n) is 8.34. The quantitative estimate of drug-likeness (QED) is 0.533. The molecule has 0 radical (unpaired) electrons. The Kier molecular flexibility index (Phi) is 5.54. The van der Waals surface area contributed by atoms with Crippen molar-refractivity contribution in [1.29, 1.82) is 0 Å². The molecule has 0 spiro atoms. The minimum Gasteiger partial charge on any atom is -0.271 e. The first-order valence-corrected chi connectivity index (χ1v) is 6.41. The molecule has 15 heavy (non-hydrogen) atoms. The number of nitrogens with two attached hydrogens (primary N) is 1. The topological polar surface area (TPSA) is 72.2 Å². The predicted molar refractivity (Wildman–Crippen MR) is 50.7 cm³/mol. The molecule has 0 aromatic rings. The van der Waals surface area contributed by atoms with Crippen LogP contribution in [0, 0.1) is 0 Å². The molecule has 0 heterocycles. The zero-order chi connectivity index (χ0) is 12.1. The van der Waals surface area contributed by atoms with Crippen LogP contribution >= 0.6 is 0 Å². The molecule has 0 fully saturated rings. The Balaban J connectivity index is 3.92. The normalized spacial score (nSPS) is 15.3. The van der Waals surface area contributed by atoms with Gasteiger partial charge in [-0.05, 0) is 12.8 Å². The number of hydrazine groups is 1. The third-order valence-electron chi connectivity index (χ3n) is 1.75. The van der Waals surface area contributed by atoms with Crippen molar-refractivity contribution >= 4 is 9.84 Å². The number of rotatable bonds is 6. The van der Waals surface area contributed by atoms with Crippen LogP contribution in [0.15, 0.2) is 0 Å². The van der Waals surface area contributed by atoms with Crippen molar-refractivity contribution in [2.45, 2.75) is 31.5 Å². The highest BCUT2D eigenvalue weighted by molar-refractivity contribution is 7.90. The van der Waals surface area contributed by atoms with Gasteiger partial charge in [-0.1, -0.05) is 0 Å². The van der Waals surface area contributed by atoms with Crippen molar-refractivity contribution in [2.75, 3.05) is 12.0 Å². The lowest BCUT2D eigenvalue weighted by Crippen LogP contribution is -2.40. The fourth-order valence-corrected chi connectivity index (χ4v) is 2.12. The maximum Gasteiger partial charge on any atom is 0.389 e. The monoisotopic (exact) mass is 248 g/mol. The third kappa shape index (κ3) is 9.95. The van der Waals surface area contributed by atoms with Crippen molar-refractivity contribution in [3.8, 4) is 0 Å². The molecule has 0 rings (SSSR count). The predicted octanol–water partition coefficient (Wildman–Crippen LogP) is 0.596. The summed E-state index contributed by atoms with van der Waals surface area (Å²) in [4.78, 5) is 0. The summed E-state index contributed by atoms with van der Waals surface area (Å²) >= 11 is 0. The van der Waals surface area contributed by atoms with Gasteiger partial charge >= 0.3 is 6.18 Å². The molecule has 92 valence electrons. The van der Waals surface area contributed by atoms with E-state index in [1.54, 1.807) is 0 Å². The average molecular weight is 248 g/mol. The molecule has 0 bridgehead atoms. The number of halogens is 3. The van der Waals surface area contributed by atoms with Gasteiger partial charge in [-0.15, -0.1) is 0 Å². The summed E-state index contributed by atoms with van der Waals surface area (Å²) in [6.45, 7) is 0. The molecule has 4 nitrogen and oxygen atoms in total. The smallest absolute Gasteiger partial charge is 0.271 e. The Morgan fingerprint density at radius 3 is 2.27 bits per heavy atom. The molecule has 0 aliphatic rings. The molecule has 0 aromatic carbocycles. The van der Waals surface area contributed by atoms with Crippen LogP contribution in [0.2, 0.25) is 0 Å². The first kappa shape index (κ1) is 14.7. The van der Waals surface area contributed by atoms with E-state index < -0.39 is 28.5 Å². The Morgan fingerprint density at radius 2 is 1.93 bits per heavy atom. The van der Waals surface area contributed by atoms with Crippen molar-refractivity contribution in [3.63, 3.8) is 0 Å². The zero-order valence-corrected chi connectivity index (χ0v) is 9.16. The van der Waals surface area contributed by atoms with E-state index in [1.807, 2.05) is 0 Å². The van der Waals surface area contributed by atoms with Crippen molar-refractivity contribution in [1.82, 2.24) is 5.43 Å². The highest BCUT2D eigenvalue weighted by atomic mass is 32.2. The van der Waals surface area contributed by atoms with Gasteiger partial charge in [0.2, 0.25) is 0 Å². The van der Waals surface area contributed by atoms with Crippen LogP contribution in [0.3, 0.4) is 0 Å². The molecule has 0 aliphatic heterocycles. The molecule has 0 aromatic heterocycles. The van der Waals surface area contributed by atoms with Crippen molar-refractivity contribution < 1.29 is 21.6 Å². The molecular weight excluding hydrogens is 233 g/mol. The number of nitrogens with one attached hydrogen (secondary N) is 1. The van der Waals surface area contributed by atoms with Gasteiger partial charge in [0, 0.05) is 18.7 Å². The number of hydrogen-bond donors (Lipinski definition) is 2. The van der Waals surface area contributed by atoms with E-state index in [9.17, 15) is 21.6 Å². The van der Waals surface area contributed by atoms with Crippen LogP contribution in [-0.4, -0.2) is 32.6 Å². The van der Waals surface area contributed by atoms with Gasteiger partial charge in [-0.2, -0.15) is 13.2 Å². The molecule has 0 saturated carbocycles. The molecule has 1 atom stereocenters. The second kappa shape index (κ2) is 5.66. The maximum absolute atomic E-state index is 11.8. The average Bonchev–Trinajstić information content (AvgIpc) is 1.97. The fourth-order valence-electron chi connectivity index (χ4n) is 1.13. The lowest BCUT2D eigenvalue weighted by molar-refractivity contribution is -0.135. The first-order chi connectivity index (χ1) is 6.64. The van der Waals surface area contributed by atoms with Crippen molar-refractivity contribution in [2.24, 2.45) is 5.84 Å². The van der Waals surface area contributed by atoms with E-state index in [4.69, 9.17) is 5.84 Å². The molecule has 0 amide bonds. The van der Waals surface area contributed by atoms with Crippen LogP contribution < -0.4 is 11.3 Å². The van der Waals surface area contributed by atoms with Gasteiger partial charge in [0.25, 0.3) is 0 Å². The summed E-state index contributed by atoms with van der Waals surface area (Å²) in [5.41, 5.74) is 2.20. The first-order valence-electron chi connectivity index (χ1n) is 4.34. The second-order valence-electron chi connectivity index (χ2n) is 3.46. The standard InChI is InChI=1S/C7H15F3N2O2S/c1-15(13,14)5-6(12-11)3-2-4-7(8,9)10/h6,12H,2-5,11H2,1H3. The van der Waals surface area contributed by atoms with Crippen molar-refractivity contribution in [3.05, 3.63) is 0 Å². The van der Waals surface area contributed by atoms with Gasteiger partial charge in [0.1, 0.15) is 9.84 Å². The minimum absolute atomic E-state index is 0.0864. The van der Waals surface area contributed by atoms with Gasteiger partial charge in [-0.3, -0.25) is 11.3 Å². The Hall–Kier alpha value is -0.340. The fraction of sp³-hybridized carbons (Fsp3) is 1.00. The van der Waals surface area contributed by atoms with E-state index in [-0.39, 0.29) is 18.6 Å². The van der Waals surface area contributed by atoms with Crippen LogP contribution in [0.5, 0.6) is 0 Å². The van der Waals surface area contributed by atoms with Gasteiger partial charge < -0.3 is 0 Å². The highest BCUT2D eigenvalue weighted by Crippen LogP contribution is 2.22. The summed E-state index contributed by atoms with van der Waals surface area (Å²) in [6.07, 6.45) is -4.16. The summed E-state index contributed by atoms with van der Waals surface area (Å²) < 4.78 is 57.0. The maximum atomic E-state index is 11.8. The number of hydrogen-bond acceptors (Lipinski definition) is 4. The lowest BCUT2D eigenvalue weighted by Gasteiger charge is -2.14. The SMILES string of the molecule is CS(=O)(=O)CC(CCCC(F)(F)F)NN. The summed E-state index contributed by atoms with van der Waals surface area (Å²) in [5.74, 6) is 4.79. The van der Waals surface area contributed by atoms with E-state index in [1.165, 1.54) is 0 Å². The molecule has 3 N–H and O–H groups in total. The summed E-state index contributed by atoms with van der Waals surface area (Å²) in [6, 6.07) is -0.623.